The number of halogens is 8. The second kappa shape index (κ2) is 21.2. The number of rotatable bonds is 20. The maximum atomic E-state index is 15.2. The summed E-state index contributed by atoms with van der Waals surface area (Å²) in [4.78, 5) is 55.2. The van der Waals surface area contributed by atoms with E-state index in [1.807, 2.05) is 0 Å². The van der Waals surface area contributed by atoms with Gasteiger partial charge >= 0.3 is 24.5 Å². The van der Waals surface area contributed by atoms with Gasteiger partial charge in [0.1, 0.15) is 29.5 Å². The van der Waals surface area contributed by atoms with E-state index < -0.39 is 108 Å². The lowest BCUT2D eigenvalue weighted by molar-refractivity contribution is -0.226. The number of nitrogens with two attached hydrogens (primary N) is 1. The summed E-state index contributed by atoms with van der Waals surface area (Å²) in [5.74, 6) is -4.80. The molecule has 0 aliphatic carbocycles. The lowest BCUT2D eigenvalue weighted by Gasteiger charge is -2.38. The van der Waals surface area contributed by atoms with Crippen molar-refractivity contribution in [3.63, 3.8) is 0 Å². The van der Waals surface area contributed by atoms with Crippen LogP contribution in [0.4, 0.5) is 50.5 Å². The van der Waals surface area contributed by atoms with Crippen LogP contribution in [0.5, 0.6) is 0 Å². The maximum Gasteiger partial charge on any atom is 0.405 e. The summed E-state index contributed by atoms with van der Waals surface area (Å²) < 4.78 is 119. The topological polar surface area (TPSA) is 237 Å². The number of aliphatic hydroxyl groups excluding tert-OH is 1. The zero-order valence-corrected chi connectivity index (χ0v) is 37.9. The Balaban J connectivity index is 1.73. The number of aryl methyl sites for hydroxylation is 1. The number of pyridine rings is 1. The largest absolute Gasteiger partial charge is 0.465 e. The van der Waals surface area contributed by atoms with E-state index in [9.17, 15) is 60.8 Å². The molecule has 24 heteroatoms. The molecule has 0 saturated heterocycles. The molecule has 2 heterocycles. The molecule has 0 saturated carbocycles. The van der Waals surface area contributed by atoms with E-state index in [1.165, 1.54) is 47.3 Å². The summed E-state index contributed by atoms with van der Waals surface area (Å²) in [5, 5.41) is 42.4. The number of hydrogen-bond acceptors (Lipinski definition) is 9. The number of amides is 4. The fourth-order valence-electron chi connectivity index (χ4n) is 7.24. The highest BCUT2D eigenvalue weighted by molar-refractivity contribution is 5.87. The van der Waals surface area contributed by atoms with Crippen LogP contribution < -0.4 is 31.9 Å². The third-order valence-electron chi connectivity index (χ3n) is 11.8. The molecule has 2 aromatic heterocycles. The van der Waals surface area contributed by atoms with Crippen molar-refractivity contribution >= 4 is 29.8 Å². The zero-order valence-electron chi connectivity index (χ0n) is 37.9. The summed E-state index contributed by atoms with van der Waals surface area (Å²) in [6.45, 7) is 4.36. The standard InChI is InChI=1S/C44H53F8N9O7/c1-22(2)61(7)34-17-26(18-42(5,44(50,51)52)35(37(53)63)57-39(65)66)27(20-55-34)24-10-8-23(9-11-24)14-32(56-38(64)36(58-40(67)68)41(3,4)43(47,48)49)33(62)21-54-19-28-29(45)15-25(16-30(28)46)31-12-13-60(6)59-31/h8-13,15-17,20,22,32-33,35-36,54,57-58,62H,14,18-19,21H2,1-7H3,(H2,53,63)(H,56,64)(H,65,66)(H,67,68). The minimum absolute atomic E-state index is 0.0383. The molecule has 5 atom stereocenters. The summed E-state index contributed by atoms with van der Waals surface area (Å²) in [7, 11) is 3.24. The van der Waals surface area contributed by atoms with E-state index in [-0.39, 0.29) is 51.8 Å². The van der Waals surface area contributed by atoms with Crippen LogP contribution >= 0.6 is 0 Å². The van der Waals surface area contributed by atoms with Crippen LogP contribution in [0.25, 0.3) is 22.4 Å². The Labute approximate surface area is 385 Å². The SMILES string of the molecule is CC(C)N(C)c1cc(CC(C)(C(NC(=O)O)C(N)=O)C(F)(F)F)c(-c2ccc(CC(NC(=O)C(NC(=O)O)C(C)(C)C(F)(F)F)C(O)CNCc3c(F)cc(-c4ccn(C)n4)cc3F)cc2)cn1. The molecule has 0 fully saturated rings. The van der Waals surface area contributed by atoms with E-state index in [0.717, 1.165) is 12.1 Å². The number of anilines is 1. The van der Waals surface area contributed by atoms with Crippen molar-refractivity contribution in [3.05, 3.63) is 89.2 Å². The molecular weight excluding hydrogens is 919 g/mol. The normalized spacial score (nSPS) is 14.9. The number of alkyl halides is 6. The van der Waals surface area contributed by atoms with Gasteiger partial charge < -0.3 is 47.2 Å². The average molecular weight is 972 g/mol. The van der Waals surface area contributed by atoms with Gasteiger partial charge in [-0.25, -0.2) is 23.4 Å². The highest BCUT2D eigenvalue weighted by atomic mass is 19.4. The predicted molar refractivity (Wildman–Crippen MR) is 232 cm³/mol. The second-order valence-corrected chi connectivity index (χ2v) is 17.4. The Morgan fingerprint density at radius 2 is 1.41 bits per heavy atom. The lowest BCUT2D eigenvalue weighted by Crippen LogP contribution is -2.62. The lowest BCUT2D eigenvalue weighted by atomic mass is 9.74. The maximum absolute atomic E-state index is 15.2. The Morgan fingerprint density at radius 1 is 0.838 bits per heavy atom. The quantitative estimate of drug-likeness (QED) is 0.0485. The molecule has 0 bridgehead atoms. The Kier molecular flexibility index (Phi) is 16.8. The zero-order chi connectivity index (χ0) is 51.3. The molecule has 68 heavy (non-hydrogen) atoms. The number of nitrogens with one attached hydrogen (secondary N) is 4. The van der Waals surface area contributed by atoms with Crippen molar-refractivity contribution < 1.29 is 69.6 Å². The third kappa shape index (κ3) is 12.7. The van der Waals surface area contributed by atoms with Crippen molar-refractivity contribution in [3.8, 4) is 22.4 Å². The molecule has 16 nitrogen and oxygen atoms in total. The second-order valence-electron chi connectivity index (χ2n) is 17.4. The van der Waals surface area contributed by atoms with E-state index in [0.29, 0.717) is 20.8 Å². The number of hydrogen-bond donors (Lipinski definition) is 8. The molecule has 0 spiro atoms. The van der Waals surface area contributed by atoms with E-state index >= 15 is 8.78 Å². The van der Waals surface area contributed by atoms with E-state index in [2.05, 4.69) is 20.7 Å². The van der Waals surface area contributed by atoms with Crippen LogP contribution in [-0.4, -0.2) is 110 Å². The van der Waals surface area contributed by atoms with Gasteiger partial charge in [0.05, 0.1) is 28.7 Å². The summed E-state index contributed by atoms with van der Waals surface area (Å²) in [6, 6.07) is 4.03. The van der Waals surface area contributed by atoms with Crippen molar-refractivity contribution in [2.75, 3.05) is 18.5 Å². The summed E-state index contributed by atoms with van der Waals surface area (Å²) >= 11 is 0. The highest BCUT2D eigenvalue weighted by Crippen LogP contribution is 2.46. The molecule has 4 amide bonds. The van der Waals surface area contributed by atoms with Crippen LogP contribution in [0.3, 0.4) is 0 Å². The summed E-state index contributed by atoms with van der Waals surface area (Å²) in [5.41, 5.74) is -0.231. The molecule has 0 radical (unpaired) electrons. The monoisotopic (exact) mass is 971 g/mol. The first-order valence-electron chi connectivity index (χ1n) is 20.8. The van der Waals surface area contributed by atoms with Crippen LogP contribution in [0, 0.1) is 22.5 Å². The number of carbonyl (C=O) groups is 4. The molecule has 0 aliphatic heterocycles. The Hall–Kier alpha value is -6.56. The number of aliphatic hydroxyl groups is 1. The van der Waals surface area contributed by atoms with Gasteiger partial charge in [0.2, 0.25) is 11.8 Å². The van der Waals surface area contributed by atoms with Gasteiger partial charge in [-0.05, 0) is 88.4 Å². The average Bonchev–Trinajstić information content (AvgIpc) is 3.67. The molecule has 2 aromatic carbocycles. The van der Waals surface area contributed by atoms with Crippen molar-refractivity contribution in [1.82, 2.24) is 36.0 Å². The van der Waals surface area contributed by atoms with Gasteiger partial charge in [-0.3, -0.25) is 14.3 Å². The number of carbonyl (C=O) groups excluding carboxylic acids is 2. The van der Waals surface area contributed by atoms with Gasteiger partial charge in [0.15, 0.2) is 0 Å². The fraction of sp³-hybridized carbons (Fsp3) is 0.455. The van der Waals surface area contributed by atoms with Crippen LogP contribution in [0.2, 0.25) is 0 Å². The van der Waals surface area contributed by atoms with Crippen LogP contribution in [-0.2, 0) is 36.0 Å². The molecule has 0 aliphatic rings. The first-order valence-corrected chi connectivity index (χ1v) is 20.8. The number of aromatic nitrogens is 3. The molecule has 372 valence electrons. The van der Waals surface area contributed by atoms with Gasteiger partial charge in [-0.1, -0.05) is 24.3 Å². The van der Waals surface area contributed by atoms with Gasteiger partial charge in [0, 0.05) is 62.3 Å². The fourth-order valence-corrected chi connectivity index (χ4v) is 7.24. The van der Waals surface area contributed by atoms with Crippen LogP contribution in [0.1, 0.15) is 51.3 Å². The number of nitrogens with zero attached hydrogens (tertiary/aromatic N) is 4. The van der Waals surface area contributed by atoms with E-state index in [1.54, 1.807) is 49.7 Å². The van der Waals surface area contributed by atoms with Gasteiger partial charge in [0.25, 0.3) is 0 Å². The first-order chi connectivity index (χ1) is 31.4. The van der Waals surface area contributed by atoms with Crippen molar-refractivity contribution in [2.24, 2.45) is 23.6 Å². The highest BCUT2D eigenvalue weighted by Gasteiger charge is 2.59. The van der Waals surface area contributed by atoms with Crippen LogP contribution in [0.15, 0.2) is 60.9 Å². The predicted octanol–water partition coefficient (Wildman–Crippen LogP) is 5.91. The molecule has 4 aromatic rings. The van der Waals surface area contributed by atoms with Gasteiger partial charge in [-0.15, -0.1) is 0 Å². The van der Waals surface area contributed by atoms with Crippen molar-refractivity contribution in [1.29, 1.82) is 0 Å². The number of carboxylic acid groups (broad SMARTS) is 2. The molecule has 4 rings (SSSR count). The number of primary amides is 1. The third-order valence-corrected chi connectivity index (χ3v) is 11.8. The Morgan fingerprint density at radius 3 is 1.90 bits per heavy atom. The van der Waals surface area contributed by atoms with Crippen molar-refractivity contribution in [2.45, 2.75) is 96.6 Å². The molecule has 9 N–H and O–H groups in total. The summed E-state index contributed by atoms with van der Waals surface area (Å²) in [6.07, 6.45) is -14.5. The molecule has 5 unspecified atom stereocenters. The number of benzene rings is 2. The minimum Gasteiger partial charge on any atom is -0.465 e. The van der Waals surface area contributed by atoms with Gasteiger partial charge in [-0.2, -0.15) is 31.4 Å². The first kappa shape index (κ1) is 54.0. The molecular formula is C44H53F8N9O7. The Bertz CT molecular complexity index is 2430. The smallest absolute Gasteiger partial charge is 0.405 e. The minimum atomic E-state index is -5.21. The van der Waals surface area contributed by atoms with E-state index in [4.69, 9.17) is 5.73 Å².